The third kappa shape index (κ3) is 2.60. The Morgan fingerprint density at radius 3 is 2.73 bits per heavy atom. The summed E-state index contributed by atoms with van der Waals surface area (Å²) in [6.07, 6.45) is 4.67. The number of nitrogens with zero attached hydrogens (tertiary/aromatic N) is 2. The summed E-state index contributed by atoms with van der Waals surface area (Å²) in [5.74, 6) is -0.217. The van der Waals surface area contributed by atoms with Crippen molar-refractivity contribution in [2.75, 3.05) is 7.11 Å². The van der Waals surface area contributed by atoms with Crippen molar-refractivity contribution in [2.45, 2.75) is 6.92 Å². The van der Waals surface area contributed by atoms with Crippen LogP contribution in [0.5, 0.6) is 5.75 Å². The summed E-state index contributed by atoms with van der Waals surface area (Å²) in [6, 6.07) is 7.55. The first-order valence-electron chi connectivity index (χ1n) is 6.62. The number of thiazole rings is 1. The zero-order valence-corrected chi connectivity index (χ0v) is 12.9. The van der Waals surface area contributed by atoms with Crippen LogP contribution in [-0.2, 0) is 4.79 Å². The summed E-state index contributed by atoms with van der Waals surface area (Å²) in [4.78, 5) is 17.4. The van der Waals surface area contributed by atoms with Crippen molar-refractivity contribution in [1.29, 1.82) is 0 Å². The van der Waals surface area contributed by atoms with Gasteiger partial charge in [0.25, 0.3) is 0 Å². The average molecular weight is 314 g/mol. The summed E-state index contributed by atoms with van der Waals surface area (Å²) in [7, 11) is 1.62. The molecule has 2 aromatic heterocycles. The molecule has 3 aromatic rings. The van der Waals surface area contributed by atoms with Gasteiger partial charge in [0.15, 0.2) is 4.96 Å². The molecule has 3 rings (SSSR count). The molecule has 112 valence electrons. The standard InChI is InChI=1S/C16H14N2O3S/c1-10-9-18-13(7-8-14(19)20)15(17-16(18)22-10)11-3-5-12(21-2)6-4-11/h3-9H,1-2H3,(H,19,20)/b8-7+. The van der Waals surface area contributed by atoms with E-state index in [0.29, 0.717) is 0 Å². The molecule has 0 spiro atoms. The van der Waals surface area contributed by atoms with Gasteiger partial charge in [0.05, 0.1) is 18.5 Å². The van der Waals surface area contributed by atoms with Crippen molar-refractivity contribution in [1.82, 2.24) is 9.38 Å². The predicted octanol–water partition coefficient (Wildman–Crippen LogP) is 3.48. The van der Waals surface area contributed by atoms with Gasteiger partial charge in [-0.05, 0) is 37.3 Å². The molecule has 5 nitrogen and oxygen atoms in total. The third-order valence-electron chi connectivity index (χ3n) is 3.23. The van der Waals surface area contributed by atoms with E-state index < -0.39 is 5.97 Å². The van der Waals surface area contributed by atoms with Crippen molar-refractivity contribution >= 4 is 28.3 Å². The summed E-state index contributed by atoms with van der Waals surface area (Å²) in [5.41, 5.74) is 2.43. The zero-order chi connectivity index (χ0) is 15.7. The number of benzene rings is 1. The maximum Gasteiger partial charge on any atom is 0.328 e. The molecule has 0 fully saturated rings. The molecule has 0 atom stereocenters. The highest BCUT2D eigenvalue weighted by atomic mass is 32.1. The highest BCUT2D eigenvalue weighted by molar-refractivity contribution is 7.17. The fourth-order valence-electron chi connectivity index (χ4n) is 2.24. The van der Waals surface area contributed by atoms with Crippen LogP contribution in [0.25, 0.3) is 22.3 Å². The molecule has 0 aliphatic rings. The molecule has 22 heavy (non-hydrogen) atoms. The van der Waals surface area contributed by atoms with Gasteiger partial charge in [0, 0.05) is 22.7 Å². The van der Waals surface area contributed by atoms with Crippen molar-refractivity contribution in [3.63, 3.8) is 0 Å². The first kappa shape index (κ1) is 14.3. The van der Waals surface area contributed by atoms with Crippen LogP contribution in [0.4, 0.5) is 0 Å². The fourth-order valence-corrected chi connectivity index (χ4v) is 3.08. The summed E-state index contributed by atoms with van der Waals surface area (Å²) < 4.78 is 7.07. The highest BCUT2D eigenvalue weighted by Crippen LogP contribution is 2.30. The number of rotatable bonds is 4. The lowest BCUT2D eigenvalue weighted by molar-refractivity contribution is -0.131. The molecule has 0 saturated heterocycles. The maximum absolute atomic E-state index is 10.8. The Labute approximate surface area is 131 Å². The quantitative estimate of drug-likeness (QED) is 0.749. The lowest BCUT2D eigenvalue weighted by Crippen LogP contribution is -1.90. The van der Waals surface area contributed by atoms with Gasteiger partial charge in [0.1, 0.15) is 5.75 Å². The summed E-state index contributed by atoms with van der Waals surface area (Å²) >= 11 is 1.57. The topological polar surface area (TPSA) is 63.8 Å². The minimum atomic E-state index is -0.984. The van der Waals surface area contributed by atoms with E-state index in [1.807, 2.05) is 41.8 Å². The van der Waals surface area contributed by atoms with Crippen LogP contribution in [0, 0.1) is 6.92 Å². The minimum absolute atomic E-state index is 0.756. The van der Waals surface area contributed by atoms with Gasteiger partial charge in [-0.15, -0.1) is 11.3 Å². The lowest BCUT2D eigenvalue weighted by Gasteiger charge is -2.02. The van der Waals surface area contributed by atoms with E-state index in [4.69, 9.17) is 9.84 Å². The van der Waals surface area contributed by atoms with Crippen molar-refractivity contribution in [3.05, 3.63) is 47.1 Å². The molecule has 6 heteroatoms. The van der Waals surface area contributed by atoms with E-state index in [1.54, 1.807) is 24.5 Å². The SMILES string of the molecule is COc1ccc(-c2nc3sc(C)cn3c2/C=C/C(=O)O)cc1. The number of hydrogen-bond acceptors (Lipinski definition) is 4. The Morgan fingerprint density at radius 1 is 1.36 bits per heavy atom. The number of carboxylic acid groups (broad SMARTS) is 1. The maximum atomic E-state index is 10.8. The molecular weight excluding hydrogens is 300 g/mol. The largest absolute Gasteiger partial charge is 0.497 e. The van der Waals surface area contributed by atoms with Crippen LogP contribution >= 0.6 is 11.3 Å². The van der Waals surface area contributed by atoms with Gasteiger partial charge in [-0.3, -0.25) is 4.40 Å². The van der Waals surface area contributed by atoms with Gasteiger partial charge in [-0.1, -0.05) is 0 Å². The number of methoxy groups -OCH3 is 1. The van der Waals surface area contributed by atoms with E-state index in [0.717, 1.165) is 38.6 Å². The number of hydrogen-bond donors (Lipinski definition) is 1. The first-order chi connectivity index (χ1) is 10.6. The first-order valence-corrected chi connectivity index (χ1v) is 7.44. The molecule has 0 amide bonds. The minimum Gasteiger partial charge on any atom is -0.497 e. The molecule has 0 aliphatic heterocycles. The van der Waals surface area contributed by atoms with E-state index in [9.17, 15) is 4.79 Å². The summed E-state index contributed by atoms with van der Waals surface area (Å²) in [5, 5.41) is 8.89. The number of aliphatic carboxylic acids is 1. The Kier molecular flexibility index (Phi) is 3.68. The smallest absolute Gasteiger partial charge is 0.328 e. The molecule has 0 unspecified atom stereocenters. The zero-order valence-electron chi connectivity index (χ0n) is 12.1. The molecule has 1 N–H and O–H groups in total. The number of fused-ring (bicyclic) bond motifs is 1. The van der Waals surface area contributed by atoms with Gasteiger partial charge >= 0.3 is 5.97 Å². The third-order valence-corrected chi connectivity index (χ3v) is 4.12. The molecule has 0 bridgehead atoms. The highest BCUT2D eigenvalue weighted by Gasteiger charge is 2.14. The van der Waals surface area contributed by atoms with Crippen LogP contribution < -0.4 is 4.74 Å². The van der Waals surface area contributed by atoms with Crippen LogP contribution in [0.15, 0.2) is 36.5 Å². The Balaban J connectivity index is 2.16. The molecular formula is C16H14N2O3S. The van der Waals surface area contributed by atoms with Gasteiger partial charge in [0.2, 0.25) is 0 Å². The second-order valence-corrected chi connectivity index (χ2v) is 5.95. The average Bonchev–Trinajstić information content (AvgIpc) is 3.01. The van der Waals surface area contributed by atoms with Crippen LogP contribution in [-0.4, -0.2) is 27.6 Å². The molecule has 2 heterocycles. The Morgan fingerprint density at radius 2 is 2.09 bits per heavy atom. The monoisotopic (exact) mass is 314 g/mol. The van der Waals surface area contributed by atoms with Crippen molar-refractivity contribution < 1.29 is 14.6 Å². The number of imidazole rings is 1. The van der Waals surface area contributed by atoms with Gasteiger partial charge < -0.3 is 9.84 Å². The van der Waals surface area contributed by atoms with E-state index in [-0.39, 0.29) is 0 Å². The Hall–Kier alpha value is -2.60. The molecule has 0 aliphatic carbocycles. The van der Waals surface area contributed by atoms with E-state index >= 15 is 0 Å². The number of aromatic nitrogens is 2. The summed E-state index contributed by atoms with van der Waals surface area (Å²) in [6.45, 7) is 2.00. The number of carbonyl (C=O) groups is 1. The van der Waals surface area contributed by atoms with E-state index in [2.05, 4.69) is 4.98 Å². The second kappa shape index (κ2) is 5.65. The lowest BCUT2D eigenvalue weighted by atomic mass is 10.1. The van der Waals surface area contributed by atoms with Gasteiger partial charge in [-0.2, -0.15) is 0 Å². The van der Waals surface area contributed by atoms with Crippen molar-refractivity contribution in [2.24, 2.45) is 0 Å². The number of aryl methyl sites for hydroxylation is 1. The van der Waals surface area contributed by atoms with E-state index in [1.165, 1.54) is 0 Å². The molecule has 0 radical (unpaired) electrons. The van der Waals surface area contributed by atoms with Gasteiger partial charge in [-0.25, -0.2) is 9.78 Å². The number of ether oxygens (including phenoxy) is 1. The van der Waals surface area contributed by atoms with Crippen LogP contribution in [0.2, 0.25) is 0 Å². The van der Waals surface area contributed by atoms with Crippen molar-refractivity contribution in [3.8, 4) is 17.0 Å². The fraction of sp³-hybridized carbons (Fsp3) is 0.125. The normalized spacial score (nSPS) is 11.4. The van der Waals surface area contributed by atoms with Crippen LogP contribution in [0.3, 0.4) is 0 Å². The second-order valence-electron chi connectivity index (χ2n) is 4.74. The van der Waals surface area contributed by atoms with Crippen LogP contribution in [0.1, 0.15) is 10.6 Å². The predicted molar refractivity (Wildman–Crippen MR) is 86.5 cm³/mol. The molecule has 0 saturated carbocycles. The molecule has 1 aromatic carbocycles. The Bertz CT molecular complexity index is 860. The number of carboxylic acids is 1.